The maximum Gasteiger partial charge on any atom is 0.309 e. The van der Waals surface area contributed by atoms with E-state index in [2.05, 4.69) is 20.8 Å². The zero-order chi connectivity index (χ0) is 13.3. The molecule has 0 amide bonds. The molecule has 100 valence electrons. The van der Waals surface area contributed by atoms with Crippen molar-refractivity contribution in [1.29, 1.82) is 0 Å². The molecular weight excluding hydrogens is 212 g/mol. The fraction of sp³-hybridized carbons (Fsp3) is 0.933. The van der Waals surface area contributed by atoms with Crippen molar-refractivity contribution < 1.29 is 9.53 Å². The highest BCUT2D eigenvalue weighted by Crippen LogP contribution is 2.40. The highest BCUT2D eigenvalue weighted by Gasteiger charge is 2.34. The minimum Gasteiger partial charge on any atom is -0.460 e. The lowest BCUT2D eigenvalue weighted by Gasteiger charge is -2.36. The van der Waals surface area contributed by atoms with Gasteiger partial charge >= 0.3 is 5.97 Å². The first-order chi connectivity index (χ1) is 7.59. The van der Waals surface area contributed by atoms with Gasteiger partial charge in [0, 0.05) is 0 Å². The third kappa shape index (κ3) is 4.69. The molecule has 0 N–H and O–H groups in total. The lowest BCUT2D eigenvalue weighted by Crippen LogP contribution is -2.33. The summed E-state index contributed by atoms with van der Waals surface area (Å²) in [6, 6.07) is 0. The monoisotopic (exact) mass is 240 g/mol. The largest absolute Gasteiger partial charge is 0.460 e. The molecule has 0 bridgehead atoms. The van der Waals surface area contributed by atoms with Crippen molar-refractivity contribution in [2.75, 3.05) is 0 Å². The number of rotatable bonds is 1. The van der Waals surface area contributed by atoms with E-state index in [4.69, 9.17) is 4.74 Å². The highest BCUT2D eigenvalue weighted by atomic mass is 16.6. The van der Waals surface area contributed by atoms with Crippen LogP contribution in [0.2, 0.25) is 0 Å². The van der Waals surface area contributed by atoms with E-state index in [9.17, 15) is 4.79 Å². The SMILES string of the molecule is CC(C)(C)OC(=O)C1CCC(C(C)(C)C)CC1. The van der Waals surface area contributed by atoms with Gasteiger partial charge in [-0.1, -0.05) is 20.8 Å². The summed E-state index contributed by atoms with van der Waals surface area (Å²) in [6.07, 6.45) is 4.31. The Labute approximate surface area is 106 Å². The maximum atomic E-state index is 11.9. The first-order valence-electron chi connectivity index (χ1n) is 6.82. The van der Waals surface area contributed by atoms with Crippen LogP contribution in [0.3, 0.4) is 0 Å². The Kier molecular flexibility index (Phi) is 4.27. The topological polar surface area (TPSA) is 26.3 Å². The van der Waals surface area contributed by atoms with Gasteiger partial charge < -0.3 is 4.74 Å². The van der Waals surface area contributed by atoms with E-state index in [0.717, 1.165) is 31.6 Å². The van der Waals surface area contributed by atoms with Gasteiger partial charge in [-0.05, 0) is 57.8 Å². The van der Waals surface area contributed by atoms with Gasteiger partial charge in [0.1, 0.15) is 5.60 Å². The van der Waals surface area contributed by atoms with Gasteiger partial charge in [-0.15, -0.1) is 0 Å². The standard InChI is InChI=1S/C15H28O2/c1-14(2,3)12-9-7-11(8-10-12)13(16)17-15(4,5)6/h11-12H,7-10H2,1-6H3. The average molecular weight is 240 g/mol. The molecule has 2 nitrogen and oxygen atoms in total. The number of carbonyl (C=O) groups is 1. The molecule has 1 rings (SSSR count). The Hall–Kier alpha value is -0.530. The minimum atomic E-state index is -0.349. The van der Waals surface area contributed by atoms with Crippen molar-refractivity contribution in [3.63, 3.8) is 0 Å². The van der Waals surface area contributed by atoms with Crippen molar-refractivity contribution in [2.24, 2.45) is 17.3 Å². The number of ether oxygens (including phenoxy) is 1. The fourth-order valence-electron chi connectivity index (χ4n) is 2.58. The Morgan fingerprint density at radius 3 is 1.76 bits per heavy atom. The normalized spacial score (nSPS) is 26.7. The molecular formula is C15H28O2. The van der Waals surface area contributed by atoms with Gasteiger partial charge in [0.15, 0.2) is 0 Å². The summed E-state index contributed by atoms with van der Waals surface area (Å²) in [5, 5.41) is 0. The van der Waals surface area contributed by atoms with E-state index >= 15 is 0 Å². The zero-order valence-corrected chi connectivity index (χ0v) is 12.3. The smallest absolute Gasteiger partial charge is 0.309 e. The third-order valence-corrected chi connectivity index (χ3v) is 3.69. The van der Waals surface area contributed by atoms with Crippen LogP contribution in [0.15, 0.2) is 0 Å². The van der Waals surface area contributed by atoms with Crippen LogP contribution in [0.1, 0.15) is 67.2 Å². The molecule has 1 fully saturated rings. The molecule has 2 heteroatoms. The molecule has 0 heterocycles. The van der Waals surface area contributed by atoms with Gasteiger partial charge in [-0.3, -0.25) is 4.79 Å². The van der Waals surface area contributed by atoms with E-state index in [1.54, 1.807) is 0 Å². The molecule has 0 aromatic rings. The summed E-state index contributed by atoms with van der Waals surface area (Å²) < 4.78 is 5.46. The van der Waals surface area contributed by atoms with Crippen molar-refractivity contribution in [3.8, 4) is 0 Å². The van der Waals surface area contributed by atoms with Crippen LogP contribution in [0.4, 0.5) is 0 Å². The molecule has 0 spiro atoms. The Bertz CT molecular complexity index is 260. The minimum absolute atomic E-state index is 0.00450. The first-order valence-corrected chi connectivity index (χ1v) is 6.82. The molecule has 0 aliphatic heterocycles. The van der Waals surface area contributed by atoms with Crippen molar-refractivity contribution >= 4 is 5.97 Å². The summed E-state index contributed by atoms with van der Waals surface area (Å²) in [5.41, 5.74) is 0.0247. The van der Waals surface area contributed by atoms with E-state index in [-0.39, 0.29) is 17.5 Å². The van der Waals surface area contributed by atoms with Crippen LogP contribution >= 0.6 is 0 Å². The van der Waals surface area contributed by atoms with Crippen molar-refractivity contribution in [3.05, 3.63) is 0 Å². The fourth-order valence-corrected chi connectivity index (χ4v) is 2.58. The highest BCUT2D eigenvalue weighted by molar-refractivity contribution is 5.72. The lowest BCUT2D eigenvalue weighted by molar-refractivity contribution is -0.161. The Balaban J connectivity index is 2.45. The van der Waals surface area contributed by atoms with Gasteiger partial charge in [-0.2, -0.15) is 0 Å². The molecule has 1 aliphatic carbocycles. The second-order valence-corrected chi connectivity index (χ2v) is 7.45. The molecule has 1 saturated carbocycles. The van der Waals surface area contributed by atoms with Crippen LogP contribution < -0.4 is 0 Å². The second kappa shape index (κ2) is 4.99. The third-order valence-electron chi connectivity index (χ3n) is 3.69. The molecule has 0 aromatic carbocycles. The van der Waals surface area contributed by atoms with Gasteiger partial charge in [-0.25, -0.2) is 0 Å². The number of hydrogen-bond acceptors (Lipinski definition) is 2. The number of carbonyl (C=O) groups excluding carboxylic acids is 1. The molecule has 0 radical (unpaired) electrons. The maximum absolute atomic E-state index is 11.9. The average Bonchev–Trinajstić information content (AvgIpc) is 2.14. The number of hydrogen-bond donors (Lipinski definition) is 0. The van der Waals surface area contributed by atoms with Crippen molar-refractivity contribution in [2.45, 2.75) is 72.8 Å². The molecule has 0 aromatic heterocycles. The van der Waals surface area contributed by atoms with Crippen LogP contribution in [0.5, 0.6) is 0 Å². The van der Waals surface area contributed by atoms with E-state index in [0.29, 0.717) is 5.41 Å². The summed E-state index contributed by atoms with van der Waals surface area (Å²) in [5.74, 6) is 0.888. The van der Waals surface area contributed by atoms with E-state index < -0.39 is 0 Å². The lowest BCUT2D eigenvalue weighted by atomic mass is 9.70. The quantitative estimate of drug-likeness (QED) is 0.643. The van der Waals surface area contributed by atoms with Crippen LogP contribution in [0, 0.1) is 17.3 Å². The van der Waals surface area contributed by atoms with Crippen molar-refractivity contribution in [1.82, 2.24) is 0 Å². The van der Waals surface area contributed by atoms with Gasteiger partial charge in [0.2, 0.25) is 0 Å². The van der Waals surface area contributed by atoms with Crippen LogP contribution in [-0.2, 0) is 9.53 Å². The number of esters is 1. The predicted molar refractivity (Wildman–Crippen MR) is 70.7 cm³/mol. The van der Waals surface area contributed by atoms with Crippen LogP contribution in [-0.4, -0.2) is 11.6 Å². The first kappa shape index (κ1) is 14.5. The second-order valence-electron chi connectivity index (χ2n) is 7.45. The van der Waals surface area contributed by atoms with E-state index in [1.165, 1.54) is 0 Å². The molecule has 0 atom stereocenters. The predicted octanol–water partition coefficient (Wildman–Crippen LogP) is 4.18. The molecule has 1 aliphatic rings. The Morgan fingerprint density at radius 1 is 0.941 bits per heavy atom. The summed E-state index contributed by atoms with van der Waals surface area (Å²) >= 11 is 0. The summed E-state index contributed by atoms with van der Waals surface area (Å²) in [6.45, 7) is 12.7. The molecule has 0 saturated heterocycles. The summed E-state index contributed by atoms with van der Waals surface area (Å²) in [7, 11) is 0. The Morgan fingerprint density at radius 2 is 1.41 bits per heavy atom. The van der Waals surface area contributed by atoms with Gasteiger partial charge in [0.25, 0.3) is 0 Å². The summed E-state index contributed by atoms with van der Waals surface area (Å²) in [4.78, 5) is 11.9. The molecule has 0 unspecified atom stereocenters. The van der Waals surface area contributed by atoms with Gasteiger partial charge in [0.05, 0.1) is 5.92 Å². The van der Waals surface area contributed by atoms with Crippen LogP contribution in [0.25, 0.3) is 0 Å². The zero-order valence-electron chi connectivity index (χ0n) is 12.3. The van der Waals surface area contributed by atoms with E-state index in [1.807, 2.05) is 20.8 Å². The molecule has 17 heavy (non-hydrogen) atoms.